The molecule has 0 heterocycles. The Balaban J connectivity index is 2.01. The maximum Gasteiger partial charge on any atom is 0.338 e. The Morgan fingerprint density at radius 3 is 2.30 bits per heavy atom. The lowest BCUT2D eigenvalue weighted by molar-refractivity contribution is 0.0526. The third kappa shape index (κ3) is 4.25. The van der Waals surface area contributed by atoms with Crippen LogP contribution < -0.4 is 0 Å². The molecule has 0 unspecified atom stereocenters. The molecule has 0 aromatic heterocycles. The molecule has 3 heteroatoms. The van der Waals surface area contributed by atoms with Crippen molar-refractivity contribution in [3.05, 3.63) is 83.7 Å². The highest BCUT2D eigenvalue weighted by atomic mass is 19.1. The summed E-state index contributed by atoms with van der Waals surface area (Å²) in [5, 5.41) is 0. The second kappa shape index (κ2) is 8.63. The highest BCUT2D eigenvalue weighted by Crippen LogP contribution is 2.31. The van der Waals surface area contributed by atoms with Crippen LogP contribution >= 0.6 is 0 Å². The van der Waals surface area contributed by atoms with E-state index in [2.05, 4.69) is 6.92 Å². The van der Waals surface area contributed by atoms with Gasteiger partial charge in [-0.2, -0.15) is 0 Å². The van der Waals surface area contributed by atoms with Crippen molar-refractivity contribution >= 4 is 5.97 Å². The summed E-state index contributed by atoms with van der Waals surface area (Å²) in [6.07, 6.45) is 1.67. The van der Waals surface area contributed by atoms with Crippen molar-refractivity contribution in [2.24, 2.45) is 0 Å². The van der Waals surface area contributed by atoms with E-state index in [0.29, 0.717) is 17.7 Å². The fraction of sp³-hybridized carbons (Fsp3) is 0.208. The largest absolute Gasteiger partial charge is 0.462 e. The number of hydrogen-bond donors (Lipinski definition) is 0. The first-order valence-electron chi connectivity index (χ1n) is 9.29. The maximum absolute atomic E-state index is 14.9. The Labute approximate surface area is 159 Å². The predicted octanol–water partition coefficient (Wildman–Crippen LogP) is 6.29. The highest BCUT2D eigenvalue weighted by molar-refractivity contribution is 5.90. The van der Waals surface area contributed by atoms with E-state index in [-0.39, 0.29) is 11.8 Å². The average molecular weight is 362 g/mol. The van der Waals surface area contributed by atoms with Gasteiger partial charge in [0.05, 0.1) is 12.2 Å². The zero-order valence-electron chi connectivity index (χ0n) is 15.7. The Kier molecular flexibility index (Phi) is 6.02. The van der Waals surface area contributed by atoms with Crippen LogP contribution in [0.3, 0.4) is 0 Å². The zero-order chi connectivity index (χ0) is 19.2. The van der Waals surface area contributed by atoms with Gasteiger partial charge in [-0.3, -0.25) is 0 Å². The van der Waals surface area contributed by atoms with Crippen LogP contribution in [0.5, 0.6) is 0 Å². The SMILES string of the molecule is CCCc1cc(C(=O)OCC)ccc1-c1ccc(-c2ccccc2)cc1F. The van der Waals surface area contributed by atoms with Gasteiger partial charge in [-0.15, -0.1) is 0 Å². The van der Waals surface area contributed by atoms with E-state index in [1.54, 1.807) is 19.1 Å². The van der Waals surface area contributed by atoms with Gasteiger partial charge >= 0.3 is 5.97 Å². The minimum absolute atomic E-state index is 0.266. The van der Waals surface area contributed by atoms with Gasteiger partial charge in [0.15, 0.2) is 0 Å². The van der Waals surface area contributed by atoms with Gasteiger partial charge in [-0.1, -0.05) is 61.9 Å². The van der Waals surface area contributed by atoms with Crippen molar-refractivity contribution in [2.75, 3.05) is 6.61 Å². The summed E-state index contributed by atoms with van der Waals surface area (Å²) >= 11 is 0. The molecule has 0 aliphatic carbocycles. The Morgan fingerprint density at radius 1 is 0.889 bits per heavy atom. The summed E-state index contributed by atoms with van der Waals surface area (Å²) in [6, 6.07) is 20.4. The zero-order valence-corrected chi connectivity index (χ0v) is 15.7. The number of halogens is 1. The molecule has 138 valence electrons. The molecule has 27 heavy (non-hydrogen) atoms. The first-order valence-corrected chi connectivity index (χ1v) is 9.29. The number of carbonyl (C=O) groups excluding carboxylic acids is 1. The smallest absolute Gasteiger partial charge is 0.338 e. The van der Waals surface area contributed by atoms with E-state index < -0.39 is 0 Å². The number of carbonyl (C=O) groups is 1. The first-order chi connectivity index (χ1) is 13.1. The molecule has 3 aromatic carbocycles. The molecule has 2 nitrogen and oxygen atoms in total. The first kappa shape index (κ1) is 18.8. The van der Waals surface area contributed by atoms with Crippen molar-refractivity contribution in [3.8, 4) is 22.3 Å². The molecular formula is C24H23FO2. The minimum atomic E-state index is -0.346. The number of rotatable bonds is 6. The minimum Gasteiger partial charge on any atom is -0.462 e. The molecule has 0 radical (unpaired) electrons. The van der Waals surface area contributed by atoms with Crippen LogP contribution in [0, 0.1) is 5.82 Å². The van der Waals surface area contributed by atoms with Crippen LogP contribution in [0.25, 0.3) is 22.3 Å². The molecular weight excluding hydrogens is 339 g/mol. The van der Waals surface area contributed by atoms with Gasteiger partial charge in [0.25, 0.3) is 0 Å². The van der Waals surface area contributed by atoms with Crippen molar-refractivity contribution in [1.29, 1.82) is 0 Å². The summed E-state index contributed by atoms with van der Waals surface area (Å²) in [6.45, 7) is 4.18. The van der Waals surface area contributed by atoms with Crippen molar-refractivity contribution in [1.82, 2.24) is 0 Å². The quantitative estimate of drug-likeness (QED) is 0.482. The molecule has 3 aromatic rings. The molecule has 0 saturated heterocycles. The fourth-order valence-corrected chi connectivity index (χ4v) is 3.22. The third-order valence-electron chi connectivity index (χ3n) is 4.50. The summed E-state index contributed by atoms with van der Waals surface area (Å²) < 4.78 is 20.0. The van der Waals surface area contributed by atoms with Crippen LogP contribution in [0.15, 0.2) is 66.7 Å². The van der Waals surface area contributed by atoms with Gasteiger partial charge < -0.3 is 4.74 Å². The van der Waals surface area contributed by atoms with E-state index in [0.717, 1.165) is 35.1 Å². The third-order valence-corrected chi connectivity index (χ3v) is 4.50. The average Bonchev–Trinajstić information content (AvgIpc) is 2.69. The van der Waals surface area contributed by atoms with Gasteiger partial charge in [-0.25, -0.2) is 9.18 Å². The second-order valence-electron chi connectivity index (χ2n) is 6.40. The van der Waals surface area contributed by atoms with Crippen LogP contribution in [-0.4, -0.2) is 12.6 Å². The predicted molar refractivity (Wildman–Crippen MR) is 107 cm³/mol. The van der Waals surface area contributed by atoms with Crippen molar-refractivity contribution in [3.63, 3.8) is 0 Å². The van der Waals surface area contributed by atoms with Crippen LogP contribution in [0.1, 0.15) is 36.2 Å². The second-order valence-corrected chi connectivity index (χ2v) is 6.40. The molecule has 3 rings (SSSR count). The molecule has 0 fully saturated rings. The molecule has 0 amide bonds. The van der Waals surface area contributed by atoms with Crippen LogP contribution in [-0.2, 0) is 11.2 Å². The molecule has 0 aliphatic heterocycles. The van der Waals surface area contributed by atoms with Gasteiger partial charge in [-0.05, 0) is 53.8 Å². The van der Waals surface area contributed by atoms with E-state index in [1.807, 2.05) is 54.6 Å². The molecule has 0 N–H and O–H groups in total. The summed E-state index contributed by atoms with van der Waals surface area (Å²) in [5.74, 6) is -0.612. The normalized spacial score (nSPS) is 10.6. The number of esters is 1. The van der Waals surface area contributed by atoms with Crippen molar-refractivity contribution in [2.45, 2.75) is 26.7 Å². The monoisotopic (exact) mass is 362 g/mol. The molecule has 0 saturated carbocycles. The standard InChI is InChI=1S/C24H23FO2/c1-3-8-19-15-20(24(26)27-4-2)12-13-21(19)22-14-11-18(16-23(22)25)17-9-6-5-7-10-17/h5-7,9-16H,3-4,8H2,1-2H3. The number of ether oxygens (including phenoxy) is 1. The number of hydrogen-bond acceptors (Lipinski definition) is 2. The van der Waals surface area contributed by atoms with Crippen LogP contribution in [0.2, 0.25) is 0 Å². The van der Waals surface area contributed by atoms with Crippen molar-refractivity contribution < 1.29 is 13.9 Å². The Morgan fingerprint density at radius 2 is 1.63 bits per heavy atom. The maximum atomic E-state index is 14.9. The lowest BCUT2D eigenvalue weighted by atomic mass is 9.93. The molecule has 0 bridgehead atoms. The van der Waals surface area contributed by atoms with Crippen LogP contribution in [0.4, 0.5) is 4.39 Å². The van der Waals surface area contributed by atoms with E-state index in [9.17, 15) is 9.18 Å². The molecule has 0 aliphatic rings. The fourth-order valence-electron chi connectivity index (χ4n) is 3.22. The lowest BCUT2D eigenvalue weighted by Gasteiger charge is -2.13. The number of aryl methyl sites for hydroxylation is 1. The van der Waals surface area contributed by atoms with Gasteiger partial charge in [0, 0.05) is 5.56 Å². The molecule has 0 spiro atoms. The lowest BCUT2D eigenvalue weighted by Crippen LogP contribution is -2.06. The number of benzene rings is 3. The highest BCUT2D eigenvalue weighted by Gasteiger charge is 2.14. The topological polar surface area (TPSA) is 26.3 Å². The van der Waals surface area contributed by atoms with E-state index in [4.69, 9.17) is 4.74 Å². The Bertz CT molecular complexity index is 932. The van der Waals surface area contributed by atoms with Gasteiger partial charge in [0.2, 0.25) is 0 Å². The summed E-state index contributed by atoms with van der Waals surface area (Å²) in [7, 11) is 0. The molecule has 0 atom stereocenters. The summed E-state index contributed by atoms with van der Waals surface area (Å²) in [4.78, 5) is 12.0. The van der Waals surface area contributed by atoms with Gasteiger partial charge in [0.1, 0.15) is 5.82 Å². The Hall–Kier alpha value is -2.94. The van der Waals surface area contributed by atoms with E-state index >= 15 is 0 Å². The summed E-state index contributed by atoms with van der Waals surface area (Å²) in [5.41, 5.74) is 4.65. The van der Waals surface area contributed by atoms with E-state index in [1.165, 1.54) is 0 Å².